The Balaban J connectivity index is 2.55. The fourth-order valence-corrected chi connectivity index (χ4v) is 1.88. The number of carbonyl (C=O) groups excluding carboxylic acids is 1. The SMILES string of the molecule is CCNC(=NCCc1ccc(C(=O)OC)cc1)NC(C)CC. The molecule has 0 aromatic heterocycles. The van der Waals surface area contributed by atoms with Crippen LogP contribution in [0, 0.1) is 0 Å². The topological polar surface area (TPSA) is 62.7 Å². The maximum absolute atomic E-state index is 11.4. The van der Waals surface area contributed by atoms with E-state index in [2.05, 4.69) is 41.1 Å². The second-order valence-corrected chi connectivity index (χ2v) is 5.15. The van der Waals surface area contributed by atoms with E-state index in [0.29, 0.717) is 18.2 Å². The van der Waals surface area contributed by atoms with Gasteiger partial charge in [-0.3, -0.25) is 4.99 Å². The van der Waals surface area contributed by atoms with Gasteiger partial charge in [0, 0.05) is 19.1 Å². The largest absolute Gasteiger partial charge is 0.465 e. The number of carbonyl (C=O) groups is 1. The molecule has 0 aliphatic rings. The number of nitrogens with one attached hydrogen (secondary N) is 2. The molecule has 0 heterocycles. The summed E-state index contributed by atoms with van der Waals surface area (Å²) in [6, 6.07) is 7.85. The molecule has 122 valence electrons. The molecule has 5 nitrogen and oxygen atoms in total. The van der Waals surface area contributed by atoms with Crippen LogP contribution in [0.5, 0.6) is 0 Å². The highest BCUT2D eigenvalue weighted by molar-refractivity contribution is 5.89. The molecule has 2 N–H and O–H groups in total. The normalized spacial score (nSPS) is 12.6. The van der Waals surface area contributed by atoms with Gasteiger partial charge in [0.2, 0.25) is 0 Å². The number of methoxy groups -OCH3 is 1. The van der Waals surface area contributed by atoms with Gasteiger partial charge in [0.15, 0.2) is 5.96 Å². The summed E-state index contributed by atoms with van der Waals surface area (Å²) in [4.78, 5) is 15.9. The van der Waals surface area contributed by atoms with Gasteiger partial charge in [-0.15, -0.1) is 0 Å². The van der Waals surface area contributed by atoms with Crippen LogP contribution in [0.3, 0.4) is 0 Å². The van der Waals surface area contributed by atoms with Crippen molar-refractivity contribution in [1.29, 1.82) is 0 Å². The van der Waals surface area contributed by atoms with Crippen LogP contribution in [0.2, 0.25) is 0 Å². The Hall–Kier alpha value is -2.04. The number of rotatable bonds is 7. The number of guanidine groups is 1. The summed E-state index contributed by atoms with van der Waals surface area (Å²) in [5.41, 5.74) is 1.72. The quantitative estimate of drug-likeness (QED) is 0.461. The third-order valence-corrected chi connectivity index (χ3v) is 3.39. The van der Waals surface area contributed by atoms with E-state index in [1.54, 1.807) is 12.1 Å². The summed E-state index contributed by atoms with van der Waals surface area (Å²) in [5.74, 6) is 0.541. The minimum atomic E-state index is -0.309. The van der Waals surface area contributed by atoms with Crippen LogP contribution in [0.4, 0.5) is 0 Å². The zero-order chi connectivity index (χ0) is 16.4. The van der Waals surface area contributed by atoms with Crippen molar-refractivity contribution in [3.8, 4) is 0 Å². The van der Waals surface area contributed by atoms with Crippen molar-refractivity contribution in [1.82, 2.24) is 10.6 Å². The third kappa shape index (κ3) is 6.16. The van der Waals surface area contributed by atoms with E-state index in [-0.39, 0.29) is 5.97 Å². The van der Waals surface area contributed by atoms with Crippen molar-refractivity contribution < 1.29 is 9.53 Å². The highest BCUT2D eigenvalue weighted by Gasteiger charge is 2.05. The van der Waals surface area contributed by atoms with E-state index in [0.717, 1.165) is 30.9 Å². The summed E-state index contributed by atoms with van der Waals surface area (Å²) in [6.45, 7) is 7.88. The van der Waals surface area contributed by atoms with E-state index in [9.17, 15) is 4.79 Å². The van der Waals surface area contributed by atoms with Crippen molar-refractivity contribution in [3.63, 3.8) is 0 Å². The fraction of sp³-hybridized carbons (Fsp3) is 0.529. The Morgan fingerprint density at radius 1 is 1.27 bits per heavy atom. The van der Waals surface area contributed by atoms with Crippen LogP contribution in [-0.4, -0.2) is 38.2 Å². The number of esters is 1. The summed E-state index contributed by atoms with van der Waals surface area (Å²) in [5, 5.41) is 6.61. The molecule has 0 saturated heterocycles. The first kappa shape index (κ1) is 18.0. The van der Waals surface area contributed by atoms with Crippen molar-refractivity contribution in [2.75, 3.05) is 20.2 Å². The van der Waals surface area contributed by atoms with Crippen LogP contribution in [-0.2, 0) is 11.2 Å². The minimum Gasteiger partial charge on any atom is -0.465 e. The fourth-order valence-electron chi connectivity index (χ4n) is 1.88. The lowest BCUT2D eigenvalue weighted by molar-refractivity contribution is 0.0600. The van der Waals surface area contributed by atoms with Gasteiger partial charge in [-0.1, -0.05) is 19.1 Å². The number of nitrogens with zero attached hydrogens (tertiary/aromatic N) is 1. The highest BCUT2D eigenvalue weighted by Crippen LogP contribution is 2.06. The van der Waals surface area contributed by atoms with E-state index in [4.69, 9.17) is 0 Å². The molecule has 0 bridgehead atoms. The van der Waals surface area contributed by atoms with Gasteiger partial charge in [0.25, 0.3) is 0 Å². The molecule has 0 spiro atoms. The molecule has 1 unspecified atom stereocenters. The lowest BCUT2D eigenvalue weighted by Crippen LogP contribution is -2.42. The molecule has 0 fully saturated rings. The van der Waals surface area contributed by atoms with Gasteiger partial charge < -0.3 is 15.4 Å². The average molecular weight is 305 g/mol. The number of aliphatic imine (C=N–C) groups is 1. The van der Waals surface area contributed by atoms with Gasteiger partial charge in [-0.25, -0.2) is 4.79 Å². The molecule has 0 saturated carbocycles. The van der Waals surface area contributed by atoms with Crippen molar-refractivity contribution in [2.45, 2.75) is 39.7 Å². The molecule has 1 atom stereocenters. The molecule has 0 aliphatic carbocycles. The molecule has 5 heteroatoms. The van der Waals surface area contributed by atoms with Gasteiger partial charge >= 0.3 is 5.97 Å². The molecule has 1 aromatic carbocycles. The van der Waals surface area contributed by atoms with Gasteiger partial charge in [0.05, 0.1) is 12.7 Å². The van der Waals surface area contributed by atoms with E-state index in [1.807, 2.05) is 12.1 Å². The number of ether oxygens (including phenoxy) is 1. The lowest BCUT2D eigenvalue weighted by atomic mass is 10.1. The Bertz CT molecular complexity index is 483. The second-order valence-electron chi connectivity index (χ2n) is 5.15. The predicted octanol–water partition coefficient (Wildman–Crippen LogP) is 2.37. The molecular formula is C17H27N3O2. The van der Waals surface area contributed by atoms with E-state index < -0.39 is 0 Å². The number of hydrogen-bond donors (Lipinski definition) is 2. The third-order valence-electron chi connectivity index (χ3n) is 3.39. The van der Waals surface area contributed by atoms with Crippen LogP contribution in [0.15, 0.2) is 29.3 Å². The maximum Gasteiger partial charge on any atom is 0.337 e. The summed E-state index contributed by atoms with van der Waals surface area (Å²) < 4.78 is 4.69. The summed E-state index contributed by atoms with van der Waals surface area (Å²) in [7, 11) is 1.39. The summed E-state index contributed by atoms with van der Waals surface area (Å²) >= 11 is 0. The first-order valence-electron chi connectivity index (χ1n) is 7.82. The van der Waals surface area contributed by atoms with Crippen molar-refractivity contribution >= 4 is 11.9 Å². The van der Waals surface area contributed by atoms with Gasteiger partial charge in [-0.2, -0.15) is 0 Å². The zero-order valence-corrected chi connectivity index (χ0v) is 14.0. The van der Waals surface area contributed by atoms with Crippen molar-refractivity contribution in [2.24, 2.45) is 4.99 Å². The number of benzene rings is 1. The zero-order valence-electron chi connectivity index (χ0n) is 14.0. The van der Waals surface area contributed by atoms with Crippen molar-refractivity contribution in [3.05, 3.63) is 35.4 Å². The first-order valence-corrected chi connectivity index (χ1v) is 7.82. The molecule has 0 radical (unpaired) electrons. The molecule has 1 rings (SSSR count). The molecule has 0 aliphatic heterocycles. The Morgan fingerprint density at radius 2 is 1.95 bits per heavy atom. The molecule has 22 heavy (non-hydrogen) atoms. The lowest BCUT2D eigenvalue weighted by Gasteiger charge is -2.16. The molecule has 1 aromatic rings. The average Bonchev–Trinajstić information content (AvgIpc) is 2.54. The molecule has 0 amide bonds. The Kier molecular flexibility index (Phi) is 8.04. The maximum atomic E-state index is 11.4. The molecular weight excluding hydrogens is 278 g/mol. The standard InChI is InChI=1S/C17H27N3O2/c1-5-13(3)20-17(18-6-2)19-12-11-14-7-9-15(10-8-14)16(21)22-4/h7-10,13H,5-6,11-12H2,1-4H3,(H2,18,19,20). The second kappa shape index (κ2) is 9.82. The monoisotopic (exact) mass is 305 g/mol. The minimum absolute atomic E-state index is 0.309. The van der Waals surface area contributed by atoms with Crippen LogP contribution in [0.1, 0.15) is 43.1 Å². The first-order chi connectivity index (χ1) is 10.6. The van der Waals surface area contributed by atoms with Gasteiger partial charge in [0.1, 0.15) is 0 Å². The van der Waals surface area contributed by atoms with Gasteiger partial charge in [-0.05, 0) is 44.4 Å². The Labute approximate surface area is 133 Å². The van der Waals surface area contributed by atoms with Crippen LogP contribution >= 0.6 is 0 Å². The van der Waals surface area contributed by atoms with Crippen LogP contribution in [0.25, 0.3) is 0 Å². The Morgan fingerprint density at radius 3 is 2.50 bits per heavy atom. The van der Waals surface area contributed by atoms with E-state index >= 15 is 0 Å². The van der Waals surface area contributed by atoms with Crippen LogP contribution < -0.4 is 10.6 Å². The number of hydrogen-bond acceptors (Lipinski definition) is 3. The highest BCUT2D eigenvalue weighted by atomic mass is 16.5. The summed E-state index contributed by atoms with van der Waals surface area (Å²) in [6.07, 6.45) is 1.89. The smallest absolute Gasteiger partial charge is 0.337 e. The predicted molar refractivity (Wildman–Crippen MR) is 90.4 cm³/mol. The van der Waals surface area contributed by atoms with E-state index in [1.165, 1.54) is 7.11 Å².